The largest absolute Gasteiger partial charge is 0.486 e. The lowest BCUT2D eigenvalue weighted by Gasteiger charge is -2.28. The van der Waals surface area contributed by atoms with Crippen LogP contribution in [-0.2, 0) is 4.79 Å². The number of nitrogens with one attached hydrogen (secondary N) is 1. The lowest BCUT2D eigenvalue weighted by molar-refractivity contribution is -0.116. The molecule has 1 aromatic heterocycles. The molecular formula is C16H15NO3S. The van der Waals surface area contributed by atoms with E-state index >= 15 is 0 Å². The summed E-state index contributed by atoms with van der Waals surface area (Å²) in [6.45, 7) is 3.20. The van der Waals surface area contributed by atoms with E-state index in [-0.39, 0.29) is 11.8 Å². The van der Waals surface area contributed by atoms with E-state index in [1.165, 1.54) is 9.75 Å². The van der Waals surface area contributed by atoms with Crippen LogP contribution in [0.1, 0.15) is 27.7 Å². The van der Waals surface area contributed by atoms with Gasteiger partial charge in [-0.05, 0) is 30.7 Å². The first kappa shape index (κ1) is 12.7. The van der Waals surface area contributed by atoms with Gasteiger partial charge in [-0.2, -0.15) is 0 Å². The van der Waals surface area contributed by atoms with Crippen LogP contribution in [-0.4, -0.2) is 19.1 Å². The SMILES string of the molecule is Cc1ccc([C@@H]2CC(=O)Nc3cc4c(cc32)OCCO4)s1. The number of hydrogen-bond acceptors (Lipinski definition) is 4. The van der Waals surface area contributed by atoms with Crippen molar-refractivity contribution in [2.45, 2.75) is 19.3 Å². The first-order valence-electron chi connectivity index (χ1n) is 7.00. The Balaban J connectivity index is 1.83. The van der Waals surface area contributed by atoms with Gasteiger partial charge in [0.15, 0.2) is 11.5 Å². The highest BCUT2D eigenvalue weighted by molar-refractivity contribution is 7.12. The maximum atomic E-state index is 12.0. The second-order valence-electron chi connectivity index (χ2n) is 5.34. The number of rotatable bonds is 1. The number of carbonyl (C=O) groups excluding carboxylic acids is 1. The third-order valence-electron chi connectivity index (χ3n) is 3.86. The third kappa shape index (κ3) is 2.17. The third-order valence-corrected chi connectivity index (χ3v) is 4.97. The molecular weight excluding hydrogens is 286 g/mol. The number of aryl methyl sites for hydroxylation is 1. The molecule has 0 fully saturated rings. The summed E-state index contributed by atoms with van der Waals surface area (Å²) in [5, 5.41) is 2.95. The molecule has 1 amide bonds. The summed E-state index contributed by atoms with van der Waals surface area (Å²) < 4.78 is 11.3. The number of carbonyl (C=O) groups is 1. The van der Waals surface area contributed by atoms with Crippen LogP contribution in [0.3, 0.4) is 0 Å². The first-order chi connectivity index (χ1) is 10.2. The number of thiophene rings is 1. The average molecular weight is 301 g/mol. The molecule has 1 aromatic carbocycles. The van der Waals surface area contributed by atoms with Crippen molar-refractivity contribution < 1.29 is 14.3 Å². The molecule has 2 aliphatic heterocycles. The van der Waals surface area contributed by atoms with E-state index in [4.69, 9.17) is 9.47 Å². The van der Waals surface area contributed by atoms with E-state index in [9.17, 15) is 4.79 Å². The number of fused-ring (bicyclic) bond motifs is 2. The Labute approximate surface area is 126 Å². The quantitative estimate of drug-likeness (QED) is 0.879. The van der Waals surface area contributed by atoms with Crippen LogP contribution in [0.25, 0.3) is 0 Å². The van der Waals surface area contributed by atoms with Crippen molar-refractivity contribution in [2.75, 3.05) is 18.5 Å². The normalized spacial score (nSPS) is 19.9. The van der Waals surface area contributed by atoms with E-state index in [1.807, 2.05) is 12.1 Å². The predicted octanol–water partition coefficient (Wildman–Crippen LogP) is 3.30. The Bertz CT molecular complexity index is 722. The number of anilines is 1. The lowest BCUT2D eigenvalue weighted by atomic mass is 9.89. The number of hydrogen-bond donors (Lipinski definition) is 1. The highest BCUT2D eigenvalue weighted by Crippen LogP contribution is 2.45. The molecule has 0 unspecified atom stereocenters. The van der Waals surface area contributed by atoms with Crippen LogP contribution >= 0.6 is 11.3 Å². The molecule has 0 spiro atoms. The fourth-order valence-corrected chi connectivity index (χ4v) is 3.89. The summed E-state index contributed by atoms with van der Waals surface area (Å²) in [5.41, 5.74) is 1.95. The molecule has 4 rings (SSSR count). The molecule has 0 saturated carbocycles. The standard InChI is InChI=1S/C16H15NO3S/c1-9-2-3-15(21-9)11-7-16(18)17-12-8-14-13(6-10(11)12)19-4-5-20-14/h2-3,6,8,11H,4-5,7H2,1H3,(H,17,18)/t11-/m1/s1. The molecule has 0 bridgehead atoms. The Kier molecular flexibility index (Phi) is 2.89. The van der Waals surface area contributed by atoms with Crippen molar-refractivity contribution in [1.82, 2.24) is 0 Å². The Morgan fingerprint density at radius 2 is 1.95 bits per heavy atom. The summed E-state index contributed by atoms with van der Waals surface area (Å²) >= 11 is 1.75. The van der Waals surface area contributed by atoms with Crippen LogP contribution < -0.4 is 14.8 Å². The van der Waals surface area contributed by atoms with Crippen molar-refractivity contribution in [3.8, 4) is 11.5 Å². The van der Waals surface area contributed by atoms with Crippen molar-refractivity contribution in [3.05, 3.63) is 39.6 Å². The van der Waals surface area contributed by atoms with Gasteiger partial charge < -0.3 is 14.8 Å². The summed E-state index contributed by atoms with van der Waals surface area (Å²) in [4.78, 5) is 14.5. The summed E-state index contributed by atoms with van der Waals surface area (Å²) in [6.07, 6.45) is 0.479. The summed E-state index contributed by atoms with van der Waals surface area (Å²) in [5.74, 6) is 1.64. The maximum absolute atomic E-state index is 12.0. The van der Waals surface area contributed by atoms with E-state index in [2.05, 4.69) is 24.4 Å². The van der Waals surface area contributed by atoms with Crippen LogP contribution in [0.5, 0.6) is 11.5 Å². The molecule has 3 heterocycles. The van der Waals surface area contributed by atoms with Gasteiger partial charge in [0, 0.05) is 33.8 Å². The molecule has 5 heteroatoms. The van der Waals surface area contributed by atoms with Crippen molar-refractivity contribution in [3.63, 3.8) is 0 Å². The Morgan fingerprint density at radius 1 is 1.19 bits per heavy atom. The van der Waals surface area contributed by atoms with Crippen LogP contribution in [0, 0.1) is 6.92 Å². The van der Waals surface area contributed by atoms with Gasteiger partial charge in [-0.1, -0.05) is 0 Å². The molecule has 0 radical (unpaired) electrons. The number of ether oxygens (including phenoxy) is 2. The highest BCUT2D eigenvalue weighted by Gasteiger charge is 2.30. The van der Waals surface area contributed by atoms with E-state index < -0.39 is 0 Å². The second-order valence-corrected chi connectivity index (χ2v) is 6.66. The zero-order valence-electron chi connectivity index (χ0n) is 11.6. The van der Waals surface area contributed by atoms with Gasteiger partial charge >= 0.3 is 0 Å². The molecule has 0 saturated heterocycles. The first-order valence-corrected chi connectivity index (χ1v) is 7.82. The molecule has 2 aliphatic rings. The van der Waals surface area contributed by atoms with Gasteiger partial charge in [0.05, 0.1) is 0 Å². The fourth-order valence-electron chi connectivity index (χ4n) is 2.89. The Hall–Kier alpha value is -2.01. The maximum Gasteiger partial charge on any atom is 0.225 e. The number of benzene rings is 1. The minimum Gasteiger partial charge on any atom is -0.486 e. The highest BCUT2D eigenvalue weighted by atomic mass is 32.1. The minimum atomic E-state index is 0.0511. The fraction of sp³-hybridized carbons (Fsp3) is 0.312. The van der Waals surface area contributed by atoms with Crippen LogP contribution in [0.15, 0.2) is 24.3 Å². The van der Waals surface area contributed by atoms with Crippen LogP contribution in [0.4, 0.5) is 5.69 Å². The Morgan fingerprint density at radius 3 is 2.67 bits per heavy atom. The van der Waals surface area contributed by atoms with E-state index in [0.29, 0.717) is 25.4 Å². The molecule has 0 aliphatic carbocycles. The predicted molar refractivity (Wildman–Crippen MR) is 81.6 cm³/mol. The molecule has 21 heavy (non-hydrogen) atoms. The van der Waals surface area contributed by atoms with Crippen LogP contribution in [0.2, 0.25) is 0 Å². The number of amides is 1. The summed E-state index contributed by atoms with van der Waals surface area (Å²) in [6, 6.07) is 8.12. The van der Waals surface area contributed by atoms with E-state index in [0.717, 1.165) is 17.0 Å². The lowest BCUT2D eigenvalue weighted by Crippen LogP contribution is -2.24. The van der Waals surface area contributed by atoms with Gasteiger partial charge in [-0.15, -0.1) is 11.3 Å². The monoisotopic (exact) mass is 301 g/mol. The van der Waals surface area contributed by atoms with Gasteiger partial charge in [0.2, 0.25) is 5.91 Å². The van der Waals surface area contributed by atoms with Gasteiger partial charge in [-0.3, -0.25) is 4.79 Å². The second kappa shape index (κ2) is 4.77. The zero-order chi connectivity index (χ0) is 14.4. The average Bonchev–Trinajstić information content (AvgIpc) is 2.91. The topological polar surface area (TPSA) is 47.6 Å². The molecule has 2 aromatic rings. The molecule has 108 valence electrons. The van der Waals surface area contributed by atoms with Crippen molar-refractivity contribution >= 4 is 22.9 Å². The smallest absolute Gasteiger partial charge is 0.225 e. The molecule has 1 atom stereocenters. The van der Waals surface area contributed by atoms with Gasteiger partial charge in [0.25, 0.3) is 0 Å². The molecule has 4 nitrogen and oxygen atoms in total. The van der Waals surface area contributed by atoms with E-state index in [1.54, 1.807) is 11.3 Å². The van der Waals surface area contributed by atoms with Gasteiger partial charge in [-0.25, -0.2) is 0 Å². The minimum absolute atomic E-state index is 0.0511. The van der Waals surface area contributed by atoms with Gasteiger partial charge in [0.1, 0.15) is 13.2 Å². The van der Waals surface area contributed by atoms with Crippen molar-refractivity contribution in [1.29, 1.82) is 0 Å². The molecule has 1 N–H and O–H groups in total. The zero-order valence-corrected chi connectivity index (χ0v) is 12.5. The van der Waals surface area contributed by atoms with Crippen molar-refractivity contribution in [2.24, 2.45) is 0 Å². The summed E-state index contributed by atoms with van der Waals surface area (Å²) in [7, 11) is 0.